The van der Waals surface area contributed by atoms with Gasteiger partial charge in [-0.05, 0) is 50.9 Å². The van der Waals surface area contributed by atoms with Crippen LogP contribution in [0.1, 0.15) is 19.8 Å². The minimum Gasteiger partial charge on any atom is -0.492 e. The van der Waals surface area contributed by atoms with Crippen LogP contribution in [0.15, 0.2) is 24.3 Å². The molecule has 6 nitrogen and oxygen atoms in total. The van der Waals surface area contributed by atoms with Crippen LogP contribution >= 0.6 is 0 Å². The maximum Gasteiger partial charge on any atom is 0.269 e. The van der Waals surface area contributed by atoms with Crippen molar-refractivity contribution in [2.24, 2.45) is 5.92 Å². The first kappa shape index (κ1) is 15.7. The van der Waals surface area contributed by atoms with Crippen LogP contribution in [0, 0.1) is 16.0 Å². The fraction of sp³-hybridized carbons (Fsp3) is 0.600. The summed E-state index contributed by atoms with van der Waals surface area (Å²) in [5.74, 6) is 1.07. The molecule has 1 aromatic carbocycles. The number of piperidine rings is 1. The van der Waals surface area contributed by atoms with Crippen LogP contribution in [0.3, 0.4) is 0 Å². The molecule has 0 aliphatic carbocycles. The van der Waals surface area contributed by atoms with Gasteiger partial charge in [-0.25, -0.2) is 0 Å². The van der Waals surface area contributed by atoms with E-state index in [1.807, 2.05) is 6.92 Å². The topological polar surface area (TPSA) is 75.8 Å². The average Bonchev–Trinajstić information content (AvgIpc) is 2.48. The van der Waals surface area contributed by atoms with Crippen molar-refractivity contribution in [1.82, 2.24) is 4.90 Å². The fourth-order valence-corrected chi connectivity index (χ4v) is 2.62. The van der Waals surface area contributed by atoms with E-state index in [9.17, 15) is 15.2 Å². The van der Waals surface area contributed by atoms with Crippen LogP contribution in [-0.2, 0) is 0 Å². The Kier molecular flexibility index (Phi) is 5.52. The summed E-state index contributed by atoms with van der Waals surface area (Å²) in [6.07, 6.45) is 1.83. The minimum absolute atomic E-state index is 0.0718. The Labute approximate surface area is 124 Å². The number of hydrogen-bond acceptors (Lipinski definition) is 5. The number of nitro benzene ring substituents is 1. The van der Waals surface area contributed by atoms with Gasteiger partial charge in [0.2, 0.25) is 0 Å². The van der Waals surface area contributed by atoms with Gasteiger partial charge in [0, 0.05) is 18.7 Å². The predicted molar refractivity (Wildman–Crippen MR) is 79.4 cm³/mol. The number of nitrogens with zero attached hydrogens (tertiary/aromatic N) is 2. The molecule has 0 saturated carbocycles. The number of aliphatic hydroxyl groups excluding tert-OH is 1. The largest absolute Gasteiger partial charge is 0.492 e. The van der Waals surface area contributed by atoms with Gasteiger partial charge in [0.05, 0.1) is 11.0 Å². The van der Waals surface area contributed by atoms with E-state index in [2.05, 4.69) is 4.90 Å². The number of hydrogen-bond donors (Lipinski definition) is 1. The number of non-ortho nitro benzene ring substituents is 1. The number of benzene rings is 1. The van der Waals surface area contributed by atoms with E-state index in [-0.39, 0.29) is 11.8 Å². The molecule has 0 radical (unpaired) electrons. The number of nitro groups is 1. The molecule has 6 heteroatoms. The van der Waals surface area contributed by atoms with Gasteiger partial charge in [-0.1, -0.05) is 0 Å². The summed E-state index contributed by atoms with van der Waals surface area (Å²) in [6.45, 7) is 5.23. The van der Waals surface area contributed by atoms with Gasteiger partial charge in [0.25, 0.3) is 5.69 Å². The van der Waals surface area contributed by atoms with E-state index >= 15 is 0 Å². The van der Waals surface area contributed by atoms with Crippen LogP contribution in [-0.4, -0.2) is 47.3 Å². The highest BCUT2D eigenvalue weighted by Crippen LogP contribution is 2.21. The Bertz CT molecular complexity index is 453. The summed E-state index contributed by atoms with van der Waals surface area (Å²) in [5.41, 5.74) is 0.0718. The lowest BCUT2D eigenvalue weighted by atomic mass is 9.92. The lowest BCUT2D eigenvalue weighted by molar-refractivity contribution is -0.384. The van der Waals surface area contributed by atoms with Crippen molar-refractivity contribution >= 4 is 5.69 Å². The summed E-state index contributed by atoms with van der Waals surface area (Å²) in [5, 5.41) is 20.1. The maximum absolute atomic E-state index is 10.5. The molecule has 1 N–H and O–H groups in total. The van der Waals surface area contributed by atoms with E-state index in [0.717, 1.165) is 32.5 Å². The standard InChI is InChI=1S/C15H22N2O4/c1-12(18)13-6-8-16(9-7-13)10-11-21-15-4-2-14(3-5-15)17(19)20/h2-5,12-13,18H,6-11H2,1H3. The third-order valence-corrected chi connectivity index (χ3v) is 4.04. The lowest BCUT2D eigenvalue weighted by Crippen LogP contribution is -2.39. The average molecular weight is 294 g/mol. The molecule has 1 heterocycles. The summed E-state index contributed by atoms with van der Waals surface area (Å²) < 4.78 is 5.60. The third kappa shape index (κ3) is 4.68. The predicted octanol–water partition coefficient (Wildman–Crippen LogP) is 2.07. The fourth-order valence-electron chi connectivity index (χ4n) is 2.62. The highest BCUT2D eigenvalue weighted by Gasteiger charge is 2.22. The van der Waals surface area contributed by atoms with Crippen LogP contribution < -0.4 is 4.74 Å². The maximum atomic E-state index is 10.5. The van der Waals surface area contributed by atoms with Crippen LogP contribution in [0.4, 0.5) is 5.69 Å². The molecule has 1 unspecified atom stereocenters. The molecule has 0 amide bonds. The molecular weight excluding hydrogens is 272 g/mol. The number of ether oxygens (including phenoxy) is 1. The van der Waals surface area contributed by atoms with Gasteiger partial charge in [-0.15, -0.1) is 0 Å². The van der Waals surface area contributed by atoms with Gasteiger partial charge < -0.3 is 9.84 Å². The third-order valence-electron chi connectivity index (χ3n) is 4.04. The summed E-state index contributed by atoms with van der Waals surface area (Å²) in [6, 6.07) is 6.14. The SMILES string of the molecule is CC(O)C1CCN(CCOc2ccc([N+](=O)[O-])cc2)CC1. The molecule has 21 heavy (non-hydrogen) atoms. The molecule has 116 valence electrons. The minimum atomic E-state index is -0.421. The first-order chi connectivity index (χ1) is 10.1. The van der Waals surface area contributed by atoms with Crippen LogP contribution in [0.5, 0.6) is 5.75 Å². The van der Waals surface area contributed by atoms with Gasteiger partial charge in [-0.2, -0.15) is 0 Å². The Hall–Kier alpha value is -1.66. The second-order valence-corrected chi connectivity index (χ2v) is 5.52. The van der Waals surface area contributed by atoms with E-state index in [1.54, 1.807) is 12.1 Å². The summed E-state index contributed by atoms with van der Waals surface area (Å²) >= 11 is 0. The van der Waals surface area contributed by atoms with Gasteiger partial charge >= 0.3 is 0 Å². The highest BCUT2D eigenvalue weighted by molar-refractivity contribution is 5.35. The smallest absolute Gasteiger partial charge is 0.269 e. The molecule has 2 rings (SSSR count). The molecule has 1 aliphatic heterocycles. The monoisotopic (exact) mass is 294 g/mol. The second kappa shape index (κ2) is 7.38. The van der Waals surface area contributed by atoms with E-state index in [0.29, 0.717) is 18.3 Å². The summed E-state index contributed by atoms with van der Waals surface area (Å²) in [4.78, 5) is 12.5. The molecular formula is C15H22N2O4. The van der Waals surface area contributed by atoms with Crippen LogP contribution in [0.2, 0.25) is 0 Å². The van der Waals surface area contributed by atoms with Crippen molar-refractivity contribution in [2.45, 2.75) is 25.9 Å². The normalized spacial score (nSPS) is 18.4. The van der Waals surface area contributed by atoms with Crippen molar-refractivity contribution < 1.29 is 14.8 Å². The van der Waals surface area contributed by atoms with Gasteiger partial charge in [0.1, 0.15) is 12.4 Å². The highest BCUT2D eigenvalue weighted by atomic mass is 16.6. The van der Waals surface area contributed by atoms with Crippen LogP contribution in [0.25, 0.3) is 0 Å². The van der Waals surface area contributed by atoms with Crippen molar-refractivity contribution in [3.63, 3.8) is 0 Å². The van der Waals surface area contributed by atoms with Crippen molar-refractivity contribution in [3.8, 4) is 5.75 Å². The molecule has 0 bridgehead atoms. The second-order valence-electron chi connectivity index (χ2n) is 5.52. The number of likely N-dealkylation sites (tertiary alicyclic amines) is 1. The zero-order valence-electron chi connectivity index (χ0n) is 12.3. The Morgan fingerprint density at radius 2 is 2.00 bits per heavy atom. The molecule has 1 aliphatic rings. The van der Waals surface area contributed by atoms with Gasteiger partial charge in [-0.3, -0.25) is 15.0 Å². The van der Waals surface area contributed by atoms with E-state index in [1.165, 1.54) is 12.1 Å². The summed E-state index contributed by atoms with van der Waals surface area (Å²) in [7, 11) is 0. The zero-order valence-corrected chi connectivity index (χ0v) is 12.3. The molecule has 1 atom stereocenters. The Balaban J connectivity index is 1.69. The van der Waals surface area contributed by atoms with E-state index in [4.69, 9.17) is 4.74 Å². The Morgan fingerprint density at radius 1 is 1.38 bits per heavy atom. The zero-order chi connectivity index (χ0) is 15.2. The van der Waals surface area contributed by atoms with Gasteiger partial charge in [0.15, 0.2) is 0 Å². The Morgan fingerprint density at radius 3 is 2.52 bits per heavy atom. The number of aliphatic hydroxyl groups is 1. The molecule has 1 aromatic rings. The lowest BCUT2D eigenvalue weighted by Gasteiger charge is -2.33. The quantitative estimate of drug-likeness (QED) is 0.642. The van der Waals surface area contributed by atoms with Crippen molar-refractivity contribution in [2.75, 3.05) is 26.2 Å². The van der Waals surface area contributed by atoms with E-state index < -0.39 is 4.92 Å². The molecule has 0 aromatic heterocycles. The first-order valence-electron chi connectivity index (χ1n) is 7.34. The molecule has 1 saturated heterocycles. The first-order valence-corrected chi connectivity index (χ1v) is 7.34. The molecule has 1 fully saturated rings. The molecule has 0 spiro atoms. The van der Waals surface area contributed by atoms with Crippen molar-refractivity contribution in [1.29, 1.82) is 0 Å². The van der Waals surface area contributed by atoms with Crippen molar-refractivity contribution in [3.05, 3.63) is 34.4 Å². The number of rotatable bonds is 6.